The van der Waals surface area contributed by atoms with Crippen LogP contribution in [0.25, 0.3) is 0 Å². The number of H-pyrrole nitrogens is 1. The number of aromatic nitrogens is 1. The van der Waals surface area contributed by atoms with Crippen molar-refractivity contribution in [2.45, 2.75) is 45.2 Å². The largest absolute Gasteiger partial charge is 0.465 e. The summed E-state index contributed by atoms with van der Waals surface area (Å²) < 4.78 is 5.70. The van der Waals surface area contributed by atoms with Gasteiger partial charge >= 0.3 is 0 Å². The molecule has 2 heterocycles. The van der Waals surface area contributed by atoms with Crippen LogP contribution in [-0.2, 0) is 25.8 Å². The minimum absolute atomic E-state index is 0.00200. The molecule has 0 aromatic carbocycles. The van der Waals surface area contributed by atoms with Crippen LogP contribution in [0.3, 0.4) is 0 Å². The average Bonchev–Trinajstić information content (AvgIpc) is 2.93. The number of nitrogens with one attached hydrogen (secondary N) is 2. The summed E-state index contributed by atoms with van der Waals surface area (Å²) in [6, 6.07) is 8.09. The normalized spacial score (nSPS) is 17.9. The Morgan fingerprint density at radius 3 is 2.95 bits per heavy atom. The first-order chi connectivity index (χ1) is 9.74. The monoisotopic (exact) mass is 272 g/mol. The van der Waals surface area contributed by atoms with Crippen LogP contribution in [0.5, 0.6) is 0 Å². The first-order valence-corrected chi connectivity index (χ1v) is 7.26. The highest BCUT2D eigenvalue weighted by Gasteiger charge is 2.18. The van der Waals surface area contributed by atoms with E-state index < -0.39 is 0 Å². The van der Waals surface area contributed by atoms with E-state index in [2.05, 4.69) is 17.2 Å². The molecule has 3 rings (SSSR count). The fourth-order valence-corrected chi connectivity index (χ4v) is 2.77. The maximum Gasteiger partial charge on any atom is 0.248 e. The van der Waals surface area contributed by atoms with E-state index in [0.717, 1.165) is 49.4 Å². The molecule has 4 nitrogen and oxygen atoms in total. The van der Waals surface area contributed by atoms with E-state index in [9.17, 15) is 4.79 Å². The number of fused-ring (bicyclic) bond motifs is 1. The molecule has 4 heteroatoms. The van der Waals surface area contributed by atoms with Crippen molar-refractivity contribution in [3.8, 4) is 0 Å². The number of aromatic amines is 1. The molecule has 2 aromatic rings. The zero-order valence-corrected chi connectivity index (χ0v) is 11.7. The standard InChI is InChI=1S/C16H20N2O2/c1-2-13-5-6-14(20-13)10-17-12-4-7-15-11(9-12)3-8-16(19)18-15/h3,5-6,8,12,17H,2,4,7,9-10H2,1H3,(H,18,19)/t12-/m0/s1. The zero-order valence-electron chi connectivity index (χ0n) is 11.7. The average molecular weight is 272 g/mol. The summed E-state index contributed by atoms with van der Waals surface area (Å²) in [7, 11) is 0. The highest BCUT2D eigenvalue weighted by Crippen LogP contribution is 2.18. The second kappa shape index (κ2) is 5.67. The second-order valence-corrected chi connectivity index (χ2v) is 5.37. The fraction of sp³-hybridized carbons (Fsp3) is 0.438. The van der Waals surface area contributed by atoms with Gasteiger partial charge < -0.3 is 14.7 Å². The third-order valence-electron chi connectivity index (χ3n) is 3.94. The van der Waals surface area contributed by atoms with Crippen LogP contribution in [0.15, 0.2) is 33.5 Å². The molecule has 0 spiro atoms. The van der Waals surface area contributed by atoms with E-state index >= 15 is 0 Å². The van der Waals surface area contributed by atoms with E-state index in [4.69, 9.17) is 4.42 Å². The molecule has 1 aliphatic rings. The van der Waals surface area contributed by atoms with Gasteiger partial charge in [-0.2, -0.15) is 0 Å². The Hall–Kier alpha value is -1.81. The highest BCUT2D eigenvalue weighted by atomic mass is 16.3. The quantitative estimate of drug-likeness (QED) is 0.897. The minimum Gasteiger partial charge on any atom is -0.465 e. The van der Waals surface area contributed by atoms with E-state index in [1.165, 1.54) is 5.56 Å². The Bertz CT molecular complexity index is 642. The Balaban J connectivity index is 1.60. The summed E-state index contributed by atoms with van der Waals surface area (Å²) in [4.78, 5) is 14.2. The predicted octanol–water partition coefficient (Wildman–Crippen LogP) is 2.18. The summed E-state index contributed by atoms with van der Waals surface area (Å²) in [5.41, 5.74) is 2.35. The van der Waals surface area contributed by atoms with E-state index in [1.807, 2.05) is 18.2 Å². The summed E-state index contributed by atoms with van der Waals surface area (Å²) in [6.07, 6.45) is 3.88. The molecule has 2 N–H and O–H groups in total. The molecule has 1 atom stereocenters. The third kappa shape index (κ3) is 2.85. The summed E-state index contributed by atoms with van der Waals surface area (Å²) in [5.74, 6) is 2.03. The van der Waals surface area contributed by atoms with Crippen LogP contribution in [0, 0.1) is 0 Å². The van der Waals surface area contributed by atoms with Gasteiger partial charge in [0.1, 0.15) is 11.5 Å². The fourth-order valence-electron chi connectivity index (χ4n) is 2.77. The number of rotatable bonds is 4. The lowest BCUT2D eigenvalue weighted by Crippen LogP contribution is -2.35. The molecule has 2 aromatic heterocycles. The van der Waals surface area contributed by atoms with Crippen molar-refractivity contribution in [3.05, 3.63) is 57.4 Å². The molecule has 0 unspecified atom stereocenters. The maximum atomic E-state index is 11.3. The molecule has 106 valence electrons. The first-order valence-electron chi connectivity index (χ1n) is 7.26. The van der Waals surface area contributed by atoms with Crippen molar-refractivity contribution >= 4 is 0 Å². The first kappa shape index (κ1) is 13.2. The van der Waals surface area contributed by atoms with E-state index in [1.54, 1.807) is 6.07 Å². The van der Waals surface area contributed by atoms with Crippen LogP contribution in [-0.4, -0.2) is 11.0 Å². The van der Waals surface area contributed by atoms with Crippen LogP contribution < -0.4 is 10.9 Å². The molecular weight excluding hydrogens is 252 g/mol. The predicted molar refractivity (Wildman–Crippen MR) is 77.8 cm³/mol. The van der Waals surface area contributed by atoms with Crippen LogP contribution >= 0.6 is 0 Å². The molecule has 20 heavy (non-hydrogen) atoms. The summed E-state index contributed by atoms with van der Waals surface area (Å²) in [5, 5.41) is 3.55. The molecule has 1 aliphatic carbocycles. The molecule has 0 bridgehead atoms. The van der Waals surface area contributed by atoms with Crippen molar-refractivity contribution in [2.24, 2.45) is 0 Å². The number of furan rings is 1. The smallest absolute Gasteiger partial charge is 0.248 e. The van der Waals surface area contributed by atoms with E-state index in [0.29, 0.717) is 6.04 Å². The Kier molecular flexibility index (Phi) is 3.74. The van der Waals surface area contributed by atoms with Gasteiger partial charge in [0.2, 0.25) is 5.56 Å². The van der Waals surface area contributed by atoms with Crippen LogP contribution in [0.1, 0.15) is 36.1 Å². The van der Waals surface area contributed by atoms with Gasteiger partial charge in [0.15, 0.2) is 0 Å². The van der Waals surface area contributed by atoms with Crippen LogP contribution in [0.4, 0.5) is 0 Å². The van der Waals surface area contributed by atoms with Gasteiger partial charge in [-0.05, 0) is 37.0 Å². The molecule has 0 fully saturated rings. The zero-order chi connectivity index (χ0) is 13.9. The molecule has 0 saturated carbocycles. The van der Waals surface area contributed by atoms with Crippen molar-refractivity contribution < 1.29 is 4.42 Å². The van der Waals surface area contributed by atoms with Gasteiger partial charge in [0.25, 0.3) is 0 Å². The maximum absolute atomic E-state index is 11.3. The number of aryl methyl sites for hydroxylation is 2. The summed E-state index contributed by atoms with van der Waals surface area (Å²) in [6.45, 7) is 2.86. The topological polar surface area (TPSA) is 58.0 Å². The lowest BCUT2D eigenvalue weighted by molar-refractivity contribution is 0.402. The molecule has 0 radical (unpaired) electrons. The second-order valence-electron chi connectivity index (χ2n) is 5.37. The van der Waals surface area contributed by atoms with Gasteiger partial charge in [-0.15, -0.1) is 0 Å². The Morgan fingerprint density at radius 2 is 2.15 bits per heavy atom. The number of hydrogen-bond acceptors (Lipinski definition) is 3. The SMILES string of the molecule is CCc1ccc(CN[C@H]2CCc3[nH]c(=O)ccc3C2)o1. The summed E-state index contributed by atoms with van der Waals surface area (Å²) >= 11 is 0. The Labute approximate surface area is 118 Å². The van der Waals surface area contributed by atoms with Crippen molar-refractivity contribution in [3.63, 3.8) is 0 Å². The lowest BCUT2D eigenvalue weighted by Gasteiger charge is -2.24. The molecule has 0 saturated heterocycles. The van der Waals surface area contributed by atoms with Gasteiger partial charge in [-0.1, -0.05) is 13.0 Å². The molecule has 0 amide bonds. The van der Waals surface area contributed by atoms with Gasteiger partial charge in [-0.3, -0.25) is 4.79 Å². The van der Waals surface area contributed by atoms with Crippen molar-refractivity contribution in [2.75, 3.05) is 0 Å². The third-order valence-corrected chi connectivity index (χ3v) is 3.94. The van der Waals surface area contributed by atoms with Gasteiger partial charge in [0, 0.05) is 24.2 Å². The number of hydrogen-bond donors (Lipinski definition) is 2. The van der Waals surface area contributed by atoms with Crippen molar-refractivity contribution in [1.82, 2.24) is 10.3 Å². The van der Waals surface area contributed by atoms with Crippen molar-refractivity contribution in [1.29, 1.82) is 0 Å². The molecular formula is C16H20N2O2. The highest BCUT2D eigenvalue weighted by molar-refractivity contribution is 5.24. The van der Waals surface area contributed by atoms with E-state index in [-0.39, 0.29) is 5.56 Å². The van der Waals surface area contributed by atoms with Crippen LogP contribution in [0.2, 0.25) is 0 Å². The van der Waals surface area contributed by atoms with Gasteiger partial charge in [0.05, 0.1) is 6.54 Å². The molecule has 0 aliphatic heterocycles. The number of pyridine rings is 1. The Morgan fingerprint density at radius 1 is 1.30 bits per heavy atom. The lowest BCUT2D eigenvalue weighted by atomic mass is 9.92. The van der Waals surface area contributed by atoms with Gasteiger partial charge in [-0.25, -0.2) is 0 Å². The minimum atomic E-state index is -0.00200.